The highest BCUT2D eigenvalue weighted by atomic mass is 16.6. The first-order valence-electron chi connectivity index (χ1n) is 14.1. The minimum absolute atomic E-state index is 0.0454. The Hall–Kier alpha value is -4.15. The van der Waals surface area contributed by atoms with Gasteiger partial charge in [0, 0.05) is 52.2 Å². The number of benzene rings is 2. The lowest BCUT2D eigenvalue weighted by Gasteiger charge is -2.39. The maximum absolute atomic E-state index is 13.4. The molecule has 11 nitrogen and oxygen atoms in total. The number of carbonyl (C=O) groups excluding carboxylic acids is 2. The fourth-order valence-electron chi connectivity index (χ4n) is 5.92. The number of nitrogens with zero attached hydrogens (tertiary/aromatic N) is 6. The van der Waals surface area contributed by atoms with Crippen LogP contribution in [0.25, 0.3) is 11.0 Å². The van der Waals surface area contributed by atoms with Gasteiger partial charge in [-0.3, -0.25) is 4.79 Å². The molecule has 2 aliphatic heterocycles. The topological polar surface area (TPSA) is 121 Å². The molecule has 1 atom stereocenters. The van der Waals surface area contributed by atoms with Crippen molar-refractivity contribution in [3.8, 4) is 0 Å². The molecule has 5 rings (SSSR count). The zero-order valence-electron chi connectivity index (χ0n) is 24.4. The van der Waals surface area contributed by atoms with Crippen LogP contribution in [-0.4, -0.2) is 91.2 Å². The Balaban J connectivity index is 1.34. The monoisotopic (exact) mass is 562 g/mol. The number of carboxylic acids is 1. The first kappa shape index (κ1) is 28.4. The number of hydrogen-bond donors (Lipinski definition) is 1. The molecule has 1 aromatic heterocycles. The molecule has 1 N–H and O–H groups in total. The molecule has 2 aliphatic rings. The highest BCUT2D eigenvalue weighted by molar-refractivity contribution is 5.80. The summed E-state index contributed by atoms with van der Waals surface area (Å²) < 4.78 is 7.19. The van der Waals surface area contributed by atoms with E-state index in [1.165, 1.54) is 0 Å². The van der Waals surface area contributed by atoms with E-state index in [0.29, 0.717) is 45.7 Å². The fourth-order valence-corrected chi connectivity index (χ4v) is 5.92. The number of fused-ring (bicyclic) bond motifs is 2. The highest BCUT2D eigenvalue weighted by Gasteiger charge is 2.32. The average Bonchev–Trinajstić information content (AvgIpc) is 3.31. The minimum atomic E-state index is -0.871. The first-order chi connectivity index (χ1) is 19.4. The molecule has 1 unspecified atom stereocenters. The maximum atomic E-state index is 13.4. The third-order valence-electron chi connectivity index (χ3n) is 7.98. The van der Waals surface area contributed by atoms with E-state index >= 15 is 0 Å². The fraction of sp³-hybridized carbons (Fsp3) is 0.500. The standard InChI is InChI=1S/C30H38N6O5/c1-19-21(9-10-25-27(19)31-32-33(25)5)24(17-26(37)38)23-8-6-7-20-18-36(12-11-22(20)23)28(39)34-13-15-35(16-14-34)29(40)41-30(2,3)4/h6-10,24H,11-18H2,1-5H3,(H,37,38). The molecule has 0 radical (unpaired) electrons. The molecular formula is C30H38N6O5. The lowest BCUT2D eigenvalue weighted by Crippen LogP contribution is -2.55. The zero-order chi connectivity index (χ0) is 29.5. The van der Waals surface area contributed by atoms with Gasteiger partial charge in [0.2, 0.25) is 0 Å². The first-order valence-corrected chi connectivity index (χ1v) is 14.1. The van der Waals surface area contributed by atoms with E-state index in [4.69, 9.17) is 4.74 Å². The Labute approximate surface area is 239 Å². The molecule has 3 amide bonds. The van der Waals surface area contributed by atoms with Crippen molar-refractivity contribution in [1.82, 2.24) is 29.7 Å². The van der Waals surface area contributed by atoms with Crippen LogP contribution in [0.3, 0.4) is 0 Å². The molecule has 0 saturated carbocycles. The van der Waals surface area contributed by atoms with Crippen LogP contribution in [0.15, 0.2) is 30.3 Å². The zero-order valence-corrected chi connectivity index (χ0v) is 24.4. The summed E-state index contributed by atoms with van der Waals surface area (Å²) in [5.41, 5.74) is 6.08. The maximum Gasteiger partial charge on any atom is 0.410 e. The number of amides is 3. The van der Waals surface area contributed by atoms with Crippen LogP contribution < -0.4 is 0 Å². The minimum Gasteiger partial charge on any atom is -0.481 e. The Bertz CT molecular complexity index is 1480. The SMILES string of the molecule is Cc1c(C(CC(=O)O)c2cccc3c2CCN(C(=O)N2CCN(C(=O)OC(C)(C)C)CC2)C3)ccc2c1nnn2C. The highest BCUT2D eigenvalue weighted by Crippen LogP contribution is 2.37. The number of carboxylic acid groups (broad SMARTS) is 1. The molecule has 218 valence electrons. The van der Waals surface area contributed by atoms with Gasteiger partial charge in [0.1, 0.15) is 11.1 Å². The van der Waals surface area contributed by atoms with Gasteiger partial charge < -0.3 is 24.5 Å². The van der Waals surface area contributed by atoms with Gasteiger partial charge in [-0.25, -0.2) is 14.3 Å². The van der Waals surface area contributed by atoms with Gasteiger partial charge in [-0.05, 0) is 68.0 Å². The Morgan fingerprint density at radius 3 is 2.37 bits per heavy atom. The summed E-state index contributed by atoms with van der Waals surface area (Å²) in [7, 11) is 1.84. The van der Waals surface area contributed by atoms with Gasteiger partial charge in [-0.2, -0.15) is 0 Å². The van der Waals surface area contributed by atoms with Crippen LogP contribution in [0.2, 0.25) is 0 Å². The van der Waals surface area contributed by atoms with Gasteiger partial charge in [0.15, 0.2) is 0 Å². The van der Waals surface area contributed by atoms with E-state index in [1.807, 2.05) is 70.0 Å². The van der Waals surface area contributed by atoms with Crippen molar-refractivity contribution >= 4 is 29.1 Å². The molecule has 0 aliphatic carbocycles. The number of carbonyl (C=O) groups is 3. The van der Waals surface area contributed by atoms with E-state index in [1.54, 1.807) is 14.5 Å². The number of hydrogen-bond acceptors (Lipinski definition) is 6. The molecule has 1 fully saturated rings. The molecule has 0 spiro atoms. The number of ether oxygens (including phenoxy) is 1. The third kappa shape index (κ3) is 5.84. The normalized spacial score (nSPS) is 16.5. The molecule has 0 bridgehead atoms. The number of urea groups is 1. The second-order valence-corrected chi connectivity index (χ2v) is 11.9. The second-order valence-electron chi connectivity index (χ2n) is 11.9. The Morgan fingerprint density at radius 1 is 0.976 bits per heavy atom. The molecule has 3 aromatic rings. The summed E-state index contributed by atoms with van der Waals surface area (Å²) in [6.45, 7) is 10.2. The van der Waals surface area contributed by atoms with E-state index in [9.17, 15) is 19.5 Å². The number of aliphatic carboxylic acids is 1. The Kier molecular flexibility index (Phi) is 7.63. The summed E-state index contributed by atoms with van der Waals surface area (Å²) in [5.74, 6) is -1.22. The summed E-state index contributed by atoms with van der Waals surface area (Å²) in [6, 6.07) is 9.88. The number of piperazine rings is 1. The van der Waals surface area contributed by atoms with Gasteiger partial charge in [0.25, 0.3) is 0 Å². The van der Waals surface area contributed by atoms with E-state index < -0.39 is 11.6 Å². The van der Waals surface area contributed by atoms with E-state index in [2.05, 4.69) is 10.3 Å². The summed E-state index contributed by atoms with van der Waals surface area (Å²) in [5, 5.41) is 18.3. The summed E-state index contributed by atoms with van der Waals surface area (Å²) in [4.78, 5) is 43.2. The quantitative estimate of drug-likeness (QED) is 0.512. The average molecular weight is 563 g/mol. The Morgan fingerprint density at radius 2 is 1.68 bits per heavy atom. The summed E-state index contributed by atoms with van der Waals surface area (Å²) in [6.07, 6.45) is 0.235. The van der Waals surface area contributed by atoms with Crippen molar-refractivity contribution in [2.45, 2.75) is 58.6 Å². The van der Waals surface area contributed by atoms with Crippen LogP contribution in [0.5, 0.6) is 0 Å². The molecule has 1 saturated heterocycles. The van der Waals surface area contributed by atoms with Crippen molar-refractivity contribution in [2.75, 3.05) is 32.7 Å². The smallest absolute Gasteiger partial charge is 0.410 e. The number of aromatic nitrogens is 3. The summed E-state index contributed by atoms with van der Waals surface area (Å²) >= 11 is 0. The molecule has 11 heteroatoms. The largest absolute Gasteiger partial charge is 0.481 e. The number of rotatable bonds is 4. The van der Waals surface area contributed by atoms with Crippen LogP contribution in [0, 0.1) is 6.92 Å². The van der Waals surface area contributed by atoms with Crippen LogP contribution >= 0.6 is 0 Å². The van der Waals surface area contributed by atoms with Crippen LogP contribution in [-0.2, 0) is 29.5 Å². The lowest BCUT2D eigenvalue weighted by molar-refractivity contribution is -0.137. The van der Waals surface area contributed by atoms with Crippen molar-refractivity contribution < 1.29 is 24.2 Å². The third-order valence-corrected chi connectivity index (χ3v) is 7.98. The second kappa shape index (κ2) is 11.0. The van der Waals surface area contributed by atoms with E-state index in [0.717, 1.165) is 38.9 Å². The van der Waals surface area contributed by atoms with E-state index in [-0.39, 0.29) is 24.5 Å². The predicted molar refractivity (Wildman–Crippen MR) is 153 cm³/mol. The van der Waals surface area contributed by atoms with Crippen molar-refractivity contribution in [1.29, 1.82) is 0 Å². The van der Waals surface area contributed by atoms with Crippen molar-refractivity contribution in [2.24, 2.45) is 7.05 Å². The van der Waals surface area contributed by atoms with Crippen LogP contribution in [0.1, 0.15) is 60.9 Å². The van der Waals surface area contributed by atoms with Gasteiger partial charge in [-0.15, -0.1) is 5.10 Å². The molecular weight excluding hydrogens is 524 g/mol. The van der Waals surface area contributed by atoms with Gasteiger partial charge in [-0.1, -0.05) is 29.5 Å². The predicted octanol–water partition coefficient (Wildman–Crippen LogP) is 3.91. The molecule has 2 aromatic carbocycles. The number of aryl methyl sites for hydroxylation is 2. The van der Waals surface area contributed by atoms with Gasteiger partial charge >= 0.3 is 18.1 Å². The van der Waals surface area contributed by atoms with Crippen LogP contribution in [0.4, 0.5) is 9.59 Å². The van der Waals surface area contributed by atoms with Crippen molar-refractivity contribution in [3.63, 3.8) is 0 Å². The lowest BCUT2D eigenvalue weighted by atomic mass is 9.80. The molecule has 41 heavy (non-hydrogen) atoms. The van der Waals surface area contributed by atoms with Crippen molar-refractivity contribution in [3.05, 3.63) is 58.1 Å². The van der Waals surface area contributed by atoms with Gasteiger partial charge in [0.05, 0.1) is 11.9 Å². The molecule has 3 heterocycles.